The van der Waals surface area contributed by atoms with Gasteiger partial charge in [-0.15, -0.1) is 0 Å². The number of rotatable bonds is 3. The molecule has 4 aromatic rings. The van der Waals surface area contributed by atoms with Gasteiger partial charge in [0.05, 0.1) is 5.52 Å². The van der Waals surface area contributed by atoms with Gasteiger partial charge in [-0.2, -0.15) is 0 Å². The molecule has 0 bridgehead atoms. The molecule has 24 heavy (non-hydrogen) atoms. The van der Waals surface area contributed by atoms with Crippen LogP contribution in [0.25, 0.3) is 22.3 Å². The van der Waals surface area contributed by atoms with Crippen molar-refractivity contribution in [2.45, 2.75) is 0 Å². The number of fused-ring (bicyclic) bond motifs is 1. The summed E-state index contributed by atoms with van der Waals surface area (Å²) in [5.41, 5.74) is 2.76. The van der Waals surface area contributed by atoms with E-state index in [9.17, 15) is 0 Å². The van der Waals surface area contributed by atoms with Crippen LogP contribution < -0.4 is 5.32 Å². The van der Waals surface area contributed by atoms with E-state index in [1.165, 1.54) is 0 Å². The van der Waals surface area contributed by atoms with E-state index < -0.39 is 0 Å². The number of benzene rings is 2. The molecule has 0 radical (unpaired) electrons. The van der Waals surface area contributed by atoms with Crippen molar-refractivity contribution in [1.82, 2.24) is 15.0 Å². The second kappa shape index (κ2) is 6.37. The highest BCUT2D eigenvalue weighted by Crippen LogP contribution is 2.27. The molecule has 1 N–H and O–H groups in total. The second-order valence-electron chi connectivity index (χ2n) is 5.29. The first kappa shape index (κ1) is 14.8. The van der Waals surface area contributed by atoms with E-state index >= 15 is 0 Å². The first-order chi connectivity index (χ1) is 11.8. The van der Waals surface area contributed by atoms with Crippen LogP contribution in [-0.4, -0.2) is 15.0 Å². The highest BCUT2D eigenvalue weighted by molar-refractivity contribution is 9.10. The minimum absolute atomic E-state index is 0.654. The Bertz CT molecular complexity index is 985. The molecule has 5 heteroatoms. The smallest absolute Gasteiger partial charge is 0.163 e. The number of nitrogens with zero attached hydrogens (tertiary/aromatic N) is 3. The summed E-state index contributed by atoms with van der Waals surface area (Å²) in [6, 6.07) is 19.8. The number of halogens is 1. The van der Waals surface area contributed by atoms with Crippen molar-refractivity contribution in [1.29, 1.82) is 0 Å². The summed E-state index contributed by atoms with van der Waals surface area (Å²) >= 11 is 3.45. The third kappa shape index (κ3) is 2.98. The average molecular weight is 377 g/mol. The van der Waals surface area contributed by atoms with Crippen LogP contribution in [0.15, 0.2) is 77.5 Å². The quantitative estimate of drug-likeness (QED) is 0.533. The van der Waals surface area contributed by atoms with E-state index in [4.69, 9.17) is 4.98 Å². The molecule has 2 heterocycles. The lowest BCUT2D eigenvalue weighted by molar-refractivity contribution is 1.20. The molecule has 116 valence electrons. The molecule has 0 amide bonds. The van der Waals surface area contributed by atoms with Crippen LogP contribution in [0.2, 0.25) is 0 Å². The Morgan fingerprint density at radius 2 is 1.67 bits per heavy atom. The summed E-state index contributed by atoms with van der Waals surface area (Å²) in [5, 5.41) is 4.37. The lowest BCUT2D eigenvalue weighted by atomic mass is 10.2. The van der Waals surface area contributed by atoms with Crippen LogP contribution >= 0.6 is 15.9 Å². The molecule has 0 spiro atoms. The molecule has 0 unspecified atom stereocenters. The van der Waals surface area contributed by atoms with Crippen molar-refractivity contribution in [2.24, 2.45) is 0 Å². The van der Waals surface area contributed by atoms with Crippen LogP contribution in [0, 0.1) is 0 Å². The number of aromatic nitrogens is 3. The number of hydrogen-bond acceptors (Lipinski definition) is 4. The van der Waals surface area contributed by atoms with Crippen molar-refractivity contribution in [2.75, 3.05) is 5.32 Å². The fraction of sp³-hybridized carbons (Fsp3) is 0. The maximum absolute atomic E-state index is 4.71. The number of hydrogen-bond donors (Lipinski definition) is 1. The fourth-order valence-electron chi connectivity index (χ4n) is 2.47. The van der Waals surface area contributed by atoms with E-state index in [2.05, 4.69) is 31.2 Å². The van der Waals surface area contributed by atoms with Gasteiger partial charge in [0.15, 0.2) is 5.82 Å². The number of pyridine rings is 1. The summed E-state index contributed by atoms with van der Waals surface area (Å²) in [5.74, 6) is 1.43. The standard InChI is InChI=1S/C19H13BrN4/c20-14-7-9-15(10-8-14)22-19-16-5-1-2-6-17(16)23-18(24-19)13-4-3-11-21-12-13/h1-12H,(H,22,23,24). The van der Waals surface area contributed by atoms with Gasteiger partial charge in [-0.05, 0) is 48.5 Å². The van der Waals surface area contributed by atoms with Crippen LogP contribution in [0.5, 0.6) is 0 Å². The van der Waals surface area contributed by atoms with E-state index in [1.54, 1.807) is 12.4 Å². The van der Waals surface area contributed by atoms with Crippen molar-refractivity contribution < 1.29 is 0 Å². The molecule has 0 aliphatic rings. The maximum Gasteiger partial charge on any atom is 0.163 e. The predicted octanol–water partition coefficient (Wildman–Crippen LogP) is 5.20. The van der Waals surface area contributed by atoms with Crippen LogP contribution in [0.4, 0.5) is 11.5 Å². The van der Waals surface area contributed by atoms with E-state index in [0.29, 0.717) is 5.82 Å². The molecule has 2 aromatic carbocycles. The molecule has 0 aliphatic carbocycles. The molecular weight excluding hydrogens is 364 g/mol. The van der Waals surface area contributed by atoms with Gasteiger partial charge in [-0.25, -0.2) is 9.97 Å². The molecule has 2 aromatic heterocycles. The van der Waals surface area contributed by atoms with E-state index in [1.807, 2.05) is 60.7 Å². The van der Waals surface area contributed by atoms with Gasteiger partial charge < -0.3 is 5.32 Å². The van der Waals surface area contributed by atoms with Gasteiger partial charge in [0.2, 0.25) is 0 Å². The highest BCUT2D eigenvalue weighted by atomic mass is 79.9. The minimum atomic E-state index is 0.654. The van der Waals surface area contributed by atoms with Crippen molar-refractivity contribution in [3.05, 3.63) is 77.5 Å². The summed E-state index contributed by atoms with van der Waals surface area (Å²) in [4.78, 5) is 13.5. The lowest BCUT2D eigenvalue weighted by Crippen LogP contribution is -1.99. The Labute approximate surface area is 147 Å². The van der Waals surface area contributed by atoms with Crippen molar-refractivity contribution in [3.63, 3.8) is 0 Å². The largest absolute Gasteiger partial charge is 0.340 e. The van der Waals surface area contributed by atoms with Crippen LogP contribution in [0.1, 0.15) is 0 Å². The topological polar surface area (TPSA) is 50.7 Å². The monoisotopic (exact) mass is 376 g/mol. The third-order valence-electron chi connectivity index (χ3n) is 3.63. The van der Waals surface area contributed by atoms with Crippen molar-refractivity contribution in [3.8, 4) is 11.4 Å². The van der Waals surface area contributed by atoms with Crippen LogP contribution in [-0.2, 0) is 0 Å². The molecule has 0 aliphatic heterocycles. The van der Waals surface area contributed by atoms with Gasteiger partial charge >= 0.3 is 0 Å². The molecular formula is C19H13BrN4. The van der Waals surface area contributed by atoms with Gasteiger partial charge in [0, 0.05) is 33.5 Å². The molecule has 4 nitrogen and oxygen atoms in total. The Balaban J connectivity index is 1.85. The molecule has 0 atom stereocenters. The lowest BCUT2D eigenvalue weighted by Gasteiger charge is -2.11. The average Bonchev–Trinajstić information content (AvgIpc) is 2.64. The SMILES string of the molecule is Brc1ccc(Nc2nc(-c3cccnc3)nc3ccccc23)cc1. The van der Waals surface area contributed by atoms with E-state index in [-0.39, 0.29) is 0 Å². The summed E-state index contributed by atoms with van der Waals surface area (Å²) in [6.45, 7) is 0. The Kier molecular flexibility index (Phi) is 3.92. The zero-order valence-corrected chi connectivity index (χ0v) is 14.2. The van der Waals surface area contributed by atoms with Gasteiger partial charge in [-0.1, -0.05) is 28.1 Å². The fourth-order valence-corrected chi connectivity index (χ4v) is 2.73. The number of anilines is 2. The Hall–Kier alpha value is -2.79. The van der Waals surface area contributed by atoms with Crippen LogP contribution in [0.3, 0.4) is 0 Å². The highest BCUT2D eigenvalue weighted by Gasteiger charge is 2.09. The number of para-hydroxylation sites is 1. The first-order valence-corrected chi connectivity index (χ1v) is 8.29. The zero-order chi connectivity index (χ0) is 16.4. The summed E-state index contributed by atoms with van der Waals surface area (Å²) in [6.07, 6.45) is 3.51. The van der Waals surface area contributed by atoms with Gasteiger partial charge in [0.1, 0.15) is 5.82 Å². The number of nitrogens with one attached hydrogen (secondary N) is 1. The minimum Gasteiger partial charge on any atom is -0.340 e. The maximum atomic E-state index is 4.71. The van der Waals surface area contributed by atoms with Gasteiger partial charge in [-0.3, -0.25) is 4.98 Å². The first-order valence-electron chi connectivity index (χ1n) is 7.49. The summed E-state index contributed by atoms with van der Waals surface area (Å²) < 4.78 is 1.04. The molecule has 4 rings (SSSR count). The molecule has 0 saturated carbocycles. The normalized spacial score (nSPS) is 10.7. The Morgan fingerprint density at radius 1 is 0.833 bits per heavy atom. The molecule has 0 saturated heterocycles. The Morgan fingerprint density at radius 3 is 2.46 bits per heavy atom. The summed E-state index contributed by atoms with van der Waals surface area (Å²) in [7, 11) is 0. The van der Waals surface area contributed by atoms with Gasteiger partial charge in [0.25, 0.3) is 0 Å². The second-order valence-corrected chi connectivity index (χ2v) is 6.20. The molecule has 0 fully saturated rings. The predicted molar refractivity (Wildman–Crippen MR) is 100 cm³/mol. The van der Waals surface area contributed by atoms with Crippen molar-refractivity contribution >= 4 is 38.3 Å². The zero-order valence-electron chi connectivity index (χ0n) is 12.6. The third-order valence-corrected chi connectivity index (χ3v) is 4.16. The van der Waals surface area contributed by atoms with E-state index in [0.717, 1.165) is 32.4 Å².